The molecule has 0 heterocycles. The minimum Gasteiger partial charge on any atom is -0.444 e. The van der Waals surface area contributed by atoms with Crippen LogP contribution in [-0.4, -0.2) is 46.5 Å². The van der Waals surface area contributed by atoms with E-state index in [1.54, 1.807) is 32.6 Å². The van der Waals surface area contributed by atoms with E-state index in [1.807, 2.05) is 30.3 Å². The zero-order valence-corrected chi connectivity index (χ0v) is 20.6. The molecule has 0 aromatic heterocycles. The second-order valence-corrected chi connectivity index (χ2v) is 10.6. The normalized spacial score (nSPS) is 22.6. The van der Waals surface area contributed by atoms with Gasteiger partial charge in [0.1, 0.15) is 17.7 Å². The van der Waals surface area contributed by atoms with Gasteiger partial charge in [0.15, 0.2) is 0 Å². The van der Waals surface area contributed by atoms with Gasteiger partial charge in [-0.15, -0.1) is 0 Å². The van der Waals surface area contributed by atoms with E-state index in [4.69, 9.17) is 4.74 Å². The van der Waals surface area contributed by atoms with Crippen molar-refractivity contribution >= 4 is 17.9 Å². The van der Waals surface area contributed by atoms with Crippen molar-refractivity contribution < 1.29 is 19.1 Å². The third kappa shape index (κ3) is 6.95. The first-order chi connectivity index (χ1) is 15.6. The first-order valence-electron chi connectivity index (χ1n) is 12.2. The number of alkyl carbamates (subject to hydrolysis) is 1. The van der Waals surface area contributed by atoms with E-state index in [-0.39, 0.29) is 23.9 Å². The molecule has 2 saturated carbocycles. The molecule has 2 fully saturated rings. The van der Waals surface area contributed by atoms with E-state index in [9.17, 15) is 14.4 Å². The second-order valence-electron chi connectivity index (χ2n) is 10.6. The Balaban J connectivity index is 1.84. The van der Waals surface area contributed by atoms with Gasteiger partial charge in [-0.05, 0) is 58.4 Å². The Kier molecular flexibility index (Phi) is 8.03. The van der Waals surface area contributed by atoms with Crippen LogP contribution in [0.25, 0.3) is 0 Å². The molecular formula is C26H39N3O4. The van der Waals surface area contributed by atoms with Crippen LogP contribution in [0, 0.1) is 5.92 Å². The Labute approximate surface area is 197 Å². The van der Waals surface area contributed by atoms with Crippen molar-refractivity contribution in [1.82, 2.24) is 15.5 Å². The summed E-state index contributed by atoms with van der Waals surface area (Å²) in [5, 5.41) is 5.87. The molecular weight excluding hydrogens is 418 g/mol. The standard InChI is InChI=1S/C26H39N3O4/c1-17-16-21(17)29(24(31)18(2)27-25(32)33-26(3,4)5)22(19-12-8-6-9-13-19)23(30)28-20-14-10-7-11-15-20/h6,8-9,12-13,17-18,20-22H,7,10-11,14-16H2,1-5H3,(H,27,32)(H,28,30). The van der Waals surface area contributed by atoms with Crippen LogP contribution >= 0.6 is 0 Å². The molecule has 0 bridgehead atoms. The lowest BCUT2D eigenvalue weighted by molar-refractivity contribution is -0.143. The highest BCUT2D eigenvalue weighted by atomic mass is 16.6. The van der Waals surface area contributed by atoms with Crippen LogP contribution in [0.3, 0.4) is 0 Å². The quantitative estimate of drug-likeness (QED) is 0.638. The molecule has 7 nitrogen and oxygen atoms in total. The fraction of sp³-hybridized carbons (Fsp3) is 0.654. The third-order valence-electron chi connectivity index (χ3n) is 6.38. The van der Waals surface area contributed by atoms with Crippen LogP contribution in [0.5, 0.6) is 0 Å². The van der Waals surface area contributed by atoms with Gasteiger partial charge in [-0.2, -0.15) is 0 Å². The van der Waals surface area contributed by atoms with E-state index in [2.05, 4.69) is 17.6 Å². The van der Waals surface area contributed by atoms with E-state index >= 15 is 0 Å². The molecule has 2 N–H and O–H groups in total. The van der Waals surface area contributed by atoms with Gasteiger partial charge in [0.2, 0.25) is 11.8 Å². The first-order valence-corrected chi connectivity index (χ1v) is 12.2. The van der Waals surface area contributed by atoms with Gasteiger partial charge in [0.05, 0.1) is 0 Å². The largest absolute Gasteiger partial charge is 0.444 e. The molecule has 1 aromatic rings. The smallest absolute Gasteiger partial charge is 0.408 e. The molecule has 0 radical (unpaired) electrons. The van der Waals surface area contributed by atoms with Crippen LogP contribution in [0.4, 0.5) is 4.79 Å². The van der Waals surface area contributed by atoms with Gasteiger partial charge in [0, 0.05) is 12.1 Å². The zero-order valence-electron chi connectivity index (χ0n) is 20.6. The predicted molar refractivity (Wildman–Crippen MR) is 127 cm³/mol. The highest BCUT2D eigenvalue weighted by Crippen LogP contribution is 2.40. The molecule has 3 rings (SSSR count). The number of nitrogens with zero attached hydrogens (tertiary/aromatic N) is 1. The molecule has 182 valence electrons. The number of rotatable bonds is 7. The number of carbonyl (C=O) groups excluding carboxylic acids is 3. The number of hydrogen-bond donors (Lipinski definition) is 2. The van der Waals surface area contributed by atoms with Gasteiger partial charge in [-0.1, -0.05) is 56.5 Å². The van der Waals surface area contributed by atoms with E-state index < -0.39 is 23.8 Å². The number of amides is 3. The average Bonchev–Trinajstić information content (AvgIpc) is 3.47. The van der Waals surface area contributed by atoms with Gasteiger partial charge < -0.3 is 20.3 Å². The molecule has 3 amide bonds. The number of ether oxygens (including phenoxy) is 1. The van der Waals surface area contributed by atoms with Crippen LogP contribution in [-0.2, 0) is 14.3 Å². The summed E-state index contributed by atoms with van der Waals surface area (Å²) in [7, 11) is 0. The zero-order chi connectivity index (χ0) is 24.2. The monoisotopic (exact) mass is 457 g/mol. The molecule has 4 unspecified atom stereocenters. The van der Waals surface area contributed by atoms with Crippen molar-refractivity contribution in [3.8, 4) is 0 Å². The topological polar surface area (TPSA) is 87.7 Å². The summed E-state index contributed by atoms with van der Waals surface area (Å²) in [4.78, 5) is 41.3. The Bertz CT molecular complexity index is 830. The SMILES string of the molecule is CC(NC(=O)OC(C)(C)C)C(=O)N(C(C(=O)NC1CCCCC1)c1ccccc1)C1CC1C. The Morgan fingerprint density at radius 1 is 1.06 bits per heavy atom. The van der Waals surface area contributed by atoms with E-state index in [0.29, 0.717) is 5.92 Å². The highest BCUT2D eigenvalue weighted by molar-refractivity contribution is 5.92. The van der Waals surface area contributed by atoms with Gasteiger partial charge in [-0.25, -0.2) is 4.79 Å². The minimum absolute atomic E-state index is 0.0392. The van der Waals surface area contributed by atoms with E-state index in [1.165, 1.54) is 6.42 Å². The highest BCUT2D eigenvalue weighted by Gasteiger charge is 2.47. The maximum Gasteiger partial charge on any atom is 0.408 e. The predicted octanol–water partition coefficient (Wildman–Crippen LogP) is 4.33. The van der Waals surface area contributed by atoms with Crippen LogP contribution in [0.15, 0.2) is 30.3 Å². The molecule has 7 heteroatoms. The summed E-state index contributed by atoms with van der Waals surface area (Å²) in [5.74, 6) is -0.121. The molecule has 0 spiro atoms. The number of benzene rings is 1. The maximum atomic E-state index is 13.7. The number of nitrogens with one attached hydrogen (secondary N) is 2. The summed E-state index contributed by atoms with van der Waals surface area (Å²) >= 11 is 0. The van der Waals surface area contributed by atoms with Crippen molar-refractivity contribution in [3.05, 3.63) is 35.9 Å². The molecule has 0 saturated heterocycles. The Morgan fingerprint density at radius 3 is 2.21 bits per heavy atom. The molecule has 0 aliphatic heterocycles. The van der Waals surface area contributed by atoms with Crippen molar-refractivity contribution in [2.75, 3.05) is 0 Å². The second kappa shape index (κ2) is 10.6. The molecule has 2 aliphatic rings. The average molecular weight is 458 g/mol. The molecule has 33 heavy (non-hydrogen) atoms. The molecule has 1 aromatic carbocycles. The molecule has 2 aliphatic carbocycles. The van der Waals surface area contributed by atoms with Crippen LogP contribution < -0.4 is 10.6 Å². The summed E-state index contributed by atoms with van der Waals surface area (Å²) < 4.78 is 5.33. The number of hydrogen-bond acceptors (Lipinski definition) is 4. The Hall–Kier alpha value is -2.57. The number of carbonyl (C=O) groups is 3. The lowest BCUT2D eigenvalue weighted by atomic mass is 9.94. The van der Waals surface area contributed by atoms with E-state index in [0.717, 1.165) is 37.7 Å². The lowest BCUT2D eigenvalue weighted by Crippen LogP contribution is -2.54. The maximum absolute atomic E-state index is 13.7. The van der Waals surface area contributed by atoms with Gasteiger partial charge >= 0.3 is 6.09 Å². The summed E-state index contributed by atoms with van der Waals surface area (Å²) in [6.45, 7) is 9.06. The molecule has 4 atom stereocenters. The first kappa shape index (κ1) is 25.1. The fourth-order valence-electron chi connectivity index (χ4n) is 4.54. The Morgan fingerprint density at radius 2 is 1.67 bits per heavy atom. The van der Waals surface area contributed by atoms with Crippen LogP contribution in [0.2, 0.25) is 0 Å². The third-order valence-corrected chi connectivity index (χ3v) is 6.38. The van der Waals surface area contributed by atoms with Crippen molar-refractivity contribution in [3.63, 3.8) is 0 Å². The van der Waals surface area contributed by atoms with Crippen molar-refractivity contribution in [2.45, 2.75) is 103 Å². The van der Waals surface area contributed by atoms with Gasteiger partial charge in [-0.3, -0.25) is 9.59 Å². The fourth-order valence-corrected chi connectivity index (χ4v) is 4.54. The lowest BCUT2D eigenvalue weighted by Gasteiger charge is -2.35. The van der Waals surface area contributed by atoms with Crippen LogP contribution in [0.1, 0.15) is 84.7 Å². The van der Waals surface area contributed by atoms with Gasteiger partial charge in [0.25, 0.3) is 0 Å². The van der Waals surface area contributed by atoms with Crippen molar-refractivity contribution in [2.24, 2.45) is 5.92 Å². The summed E-state index contributed by atoms with van der Waals surface area (Å²) in [6.07, 6.45) is 5.56. The minimum atomic E-state index is -0.818. The summed E-state index contributed by atoms with van der Waals surface area (Å²) in [6, 6.07) is 8.01. The summed E-state index contributed by atoms with van der Waals surface area (Å²) in [5.41, 5.74) is 0.118. The van der Waals surface area contributed by atoms with Crippen molar-refractivity contribution in [1.29, 1.82) is 0 Å².